The number of nitrogens with one attached hydrogen (secondary N) is 1. The third-order valence-corrected chi connectivity index (χ3v) is 3.11. The lowest BCUT2D eigenvalue weighted by atomic mass is 10.2. The first-order chi connectivity index (χ1) is 8.69. The van der Waals surface area contributed by atoms with Crippen LogP contribution >= 0.6 is 15.9 Å². The molecule has 0 aliphatic heterocycles. The molecule has 0 amide bonds. The molecule has 1 heterocycles. The van der Waals surface area contributed by atoms with E-state index >= 15 is 0 Å². The van der Waals surface area contributed by atoms with Crippen molar-refractivity contribution < 1.29 is 4.74 Å². The van der Waals surface area contributed by atoms with Crippen molar-refractivity contribution in [2.24, 2.45) is 0 Å². The number of aryl methyl sites for hydroxylation is 1. The number of nitrogens with zero attached hydrogens (tertiary/aromatic N) is 1. The highest BCUT2D eigenvalue weighted by Crippen LogP contribution is 2.28. The van der Waals surface area contributed by atoms with Crippen LogP contribution in [0.4, 0.5) is 5.69 Å². The van der Waals surface area contributed by atoms with Gasteiger partial charge in [0, 0.05) is 22.9 Å². The number of rotatable bonds is 4. The van der Waals surface area contributed by atoms with Crippen molar-refractivity contribution in [3.8, 4) is 5.75 Å². The molecule has 3 nitrogen and oxygen atoms in total. The third kappa shape index (κ3) is 3.23. The average molecular weight is 307 g/mol. The second-order valence-corrected chi connectivity index (χ2v) is 4.92. The van der Waals surface area contributed by atoms with Gasteiger partial charge in [-0.25, -0.2) is 0 Å². The zero-order valence-corrected chi connectivity index (χ0v) is 12.0. The van der Waals surface area contributed by atoms with Crippen LogP contribution in [0.2, 0.25) is 0 Å². The third-order valence-electron chi connectivity index (χ3n) is 2.62. The molecule has 0 saturated carbocycles. The minimum absolute atomic E-state index is 0.722. The molecule has 4 heteroatoms. The topological polar surface area (TPSA) is 34.1 Å². The van der Waals surface area contributed by atoms with Crippen molar-refractivity contribution >= 4 is 21.6 Å². The van der Waals surface area contributed by atoms with Gasteiger partial charge in [0.2, 0.25) is 0 Å². The Hall–Kier alpha value is -1.55. The van der Waals surface area contributed by atoms with Crippen LogP contribution in [0.5, 0.6) is 5.75 Å². The first kappa shape index (κ1) is 12.9. The number of aromatic nitrogens is 1. The molecule has 1 aromatic heterocycles. The number of benzene rings is 1. The first-order valence-corrected chi connectivity index (χ1v) is 6.47. The predicted molar refractivity (Wildman–Crippen MR) is 77.0 cm³/mol. The number of anilines is 1. The zero-order chi connectivity index (χ0) is 13.0. The summed E-state index contributed by atoms with van der Waals surface area (Å²) in [4.78, 5) is 4.27. The normalized spacial score (nSPS) is 10.2. The van der Waals surface area contributed by atoms with Crippen LogP contribution in [0, 0.1) is 6.92 Å². The quantitative estimate of drug-likeness (QED) is 0.933. The van der Waals surface area contributed by atoms with E-state index in [1.807, 2.05) is 37.4 Å². The van der Waals surface area contributed by atoms with Crippen molar-refractivity contribution in [3.05, 3.63) is 52.3 Å². The molecule has 2 aromatic rings. The van der Waals surface area contributed by atoms with Crippen LogP contribution in [-0.2, 0) is 6.54 Å². The number of ether oxygens (including phenoxy) is 1. The minimum Gasteiger partial charge on any atom is -0.495 e. The van der Waals surface area contributed by atoms with Gasteiger partial charge in [-0.2, -0.15) is 0 Å². The van der Waals surface area contributed by atoms with E-state index in [-0.39, 0.29) is 0 Å². The molecule has 0 spiro atoms. The Labute approximate surface area is 115 Å². The predicted octanol–water partition coefficient (Wildman–Crippen LogP) is 3.77. The van der Waals surface area contributed by atoms with Crippen molar-refractivity contribution in [3.63, 3.8) is 0 Å². The number of hydrogen-bond acceptors (Lipinski definition) is 3. The zero-order valence-electron chi connectivity index (χ0n) is 10.4. The van der Waals surface area contributed by atoms with E-state index in [0.29, 0.717) is 0 Å². The lowest BCUT2D eigenvalue weighted by Crippen LogP contribution is -2.02. The fourth-order valence-electron chi connectivity index (χ4n) is 1.62. The highest BCUT2D eigenvalue weighted by molar-refractivity contribution is 9.10. The summed E-state index contributed by atoms with van der Waals surface area (Å²) in [7, 11) is 1.67. The van der Waals surface area contributed by atoms with E-state index in [2.05, 4.69) is 32.3 Å². The lowest BCUT2D eigenvalue weighted by Gasteiger charge is -2.11. The van der Waals surface area contributed by atoms with E-state index in [1.54, 1.807) is 7.11 Å². The molecule has 1 N–H and O–H groups in total. The van der Waals surface area contributed by atoms with Crippen LogP contribution in [-0.4, -0.2) is 12.1 Å². The van der Waals surface area contributed by atoms with Gasteiger partial charge in [-0.1, -0.05) is 22.0 Å². The SMILES string of the molecule is COc1ccc(Br)cc1NCc1ccc(C)nc1. The number of pyridine rings is 1. The van der Waals surface area contributed by atoms with Gasteiger partial charge in [0.25, 0.3) is 0 Å². The molecule has 2 rings (SSSR count). The molecule has 0 aliphatic rings. The van der Waals surface area contributed by atoms with E-state index < -0.39 is 0 Å². The van der Waals surface area contributed by atoms with Gasteiger partial charge in [0.15, 0.2) is 0 Å². The summed E-state index contributed by atoms with van der Waals surface area (Å²) in [5.41, 5.74) is 3.13. The first-order valence-electron chi connectivity index (χ1n) is 5.68. The summed E-state index contributed by atoms with van der Waals surface area (Å²) in [5, 5.41) is 3.35. The smallest absolute Gasteiger partial charge is 0.142 e. The van der Waals surface area contributed by atoms with Crippen LogP contribution in [0.3, 0.4) is 0 Å². The van der Waals surface area contributed by atoms with Gasteiger partial charge < -0.3 is 10.1 Å². The van der Waals surface area contributed by atoms with E-state index in [4.69, 9.17) is 4.74 Å². The molecule has 0 fully saturated rings. The van der Waals surface area contributed by atoms with Crippen LogP contribution in [0.15, 0.2) is 41.0 Å². The van der Waals surface area contributed by atoms with Crippen molar-refractivity contribution in [1.29, 1.82) is 0 Å². The standard InChI is InChI=1S/C14H15BrN2O/c1-10-3-4-11(8-16-10)9-17-13-7-12(15)5-6-14(13)18-2/h3-8,17H,9H2,1-2H3. The molecule has 1 aromatic carbocycles. The minimum atomic E-state index is 0.722. The molecule has 0 bridgehead atoms. The average Bonchev–Trinajstić information content (AvgIpc) is 2.38. The van der Waals surface area contributed by atoms with Gasteiger partial charge in [-0.05, 0) is 36.8 Å². The molecule has 0 radical (unpaired) electrons. The Morgan fingerprint density at radius 2 is 2.11 bits per heavy atom. The van der Waals surface area contributed by atoms with Gasteiger partial charge in [0.1, 0.15) is 5.75 Å². The van der Waals surface area contributed by atoms with Crippen molar-refractivity contribution in [1.82, 2.24) is 4.98 Å². The Bertz CT molecular complexity index is 526. The van der Waals surface area contributed by atoms with Gasteiger partial charge >= 0.3 is 0 Å². The van der Waals surface area contributed by atoms with E-state index in [1.165, 1.54) is 0 Å². The second-order valence-electron chi connectivity index (χ2n) is 4.01. The van der Waals surface area contributed by atoms with Crippen LogP contribution < -0.4 is 10.1 Å². The van der Waals surface area contributed by atoms with Crippen LogP contribution in [0.25, 0.3) is 0 Å². The molecular formula is C14H15BrN2O. The molecular weight excluding hydrogens is 292 g/mol. The number of methoxy groups -OCH3 is 1. The Kier molecular flexibility index (Phi) is 4.20. The van der Waals surface area contributed by atoms with E-state index in [0.717, 1.165) is 33.7 Å². The number of hydrogen-bond donors (Lipinski definition) is 1. The molecule has 94 valence electrons. The monoisotopic (exact) mass is 306 g/mol. The molecule has 0 atom stereocenters. The summed E-state index contributed by atoms with van der Waals surface area (Å²) in [6.07, 6.45) is 1.88. The highest BCUT2D eigenvalue weighted by Gasteiger charge is 2.03. The fourth-order valence-corrected chi connectivity index (χ4v) is 1.98. The van der Waals surface area contributed by atoms with E-state index in [9.17, 15) is 0 Å². The lowest BCUT2D eigenvalue weighted by molar-refractivity contribution is 0.416. The molecule has 0 saturated heterocycles. The van der Waals surface area contributed by atoms with Crippen molar-refractivity contribution in [2.75, 3.05) is 12.4 Å². The van der Waals surface area contributed by atoms with Gasteiger partial charge in [0.05, 0.1) is 12.8 Å². The highest BCUT2D eigenvalue weighted by atomic mass is 79.9. The summed E-state index contributed by atoms with van der Waals surface area (Å²) in [6.45, 7) is 2.70. The summed E-state index contributed by atoms with van der Waals surface area (Å²) in [6, 6.07) is 9.96. The van der Waals surface area contributed by atoms with Gasteiger partial charge in [-0.15, -0.1) is 0 Å². The maximum absolute atomic E-state index is 5.31. The Morgan fingerprint density at radius 3 is 2.78 bits per heavy atom. The largest absolute Gasteiger partial charge is 0.495 e. The van der Waals surface area contributed by atoms with Crippen LogP contribution in [0.1, 0.15) is 11.3 Å². The van der Waals surface area contributed by atoms with Gasteiger partial charge in [-0.3, -0.25) is 4.98 Å². The summed E-state index contributed by atoms with van der Waals surface area (Å²) in [5.74, 6) is 0.832. The molecule has 0 unspecified atom stereocenters. The Morgan fingerprint density at radius 1 is 1.28 bits per heavy atom. The molecule has 18 heavy (non-hydrogen) atoms. The molecule has 0 aliphatic carbocycles. The Balaban J connectivity index is 2.09. The fraction of sp³-hybridized carbons (Fsp3) is 0.214. The maximum atomic E-state index is 5.31. The van der Waals surface area contributed by atoms with Crippen molar-refractivity contribution in [2.45, 2.75) is 13.5 Å². The summed E-state index contributed by atoms with van der Waals surface area (Å²) >= 11 is 3.45. The summed E-state index contributed by atoms with van der Waals surface area (Å²) < 4.78 is 6.33. The maximum Gasteiger partial charge on any atom is 0.142 e. The second kappa shape index (κ2) is 5.87. The number of halogens is 1.